The lowest BCUT2D eigenvalue weighted by molar-refractivity contribution is -0.139. The number of benzene rings is 2. The molecule has 0 amide bonds. The van der Waals surface area contributed by atoms with E-state index in [-0.39, 0.29) is 12.2 Å². The second kappa shape index (κ2) is 12.5. The molecule has 0 aliphatic heterocycles. The van der Waals surface area contributed by atoms with Gasteiger partial charge in [-0.1, -0.05) is 42.5 Å². The number of rotatable bonds is 9. The Morgan fingerprint density at radius 1 is 1.20 bits per heavy atom. The number of halogens is 1. The van der Waals surface area contributed by atoms with Crippen molar-refractivity contribution < 1.29 is 29.3 Å². The molecule has 186 valence electrons. The number of para-hydroxylation sites is 1. The largest absolute Gasteiger partial charge is 0.537 e. The summed E-state index contributed by atoms with van der Waals surface area (Å²) in [6.45, 7) is 0. The van der Waals surface area contributed by atoms with Crippen LogP contribution in [0.1, 0.15) is 42.9 Å². The zero-order valence-electron chi connectivity index (χ0n) is 19.8. The third-order valence-electron chi connectivity index (χ3n) is 5.65. The molecular weight excluding hydrogens is 451 g/mol. The number of aliphatic hydroxyl groups excluding tert-OH is 2. The fraction of sp³-hybridized carbons (Fsp3) is 0.333. The Morgan fingerprint density at radius 3 is 2.46 bits per heavy atom. The number of aromatic nitrogens is 1. The summed E-state index contributed by atoms with van der Waals surface area (Å²) in [4.78, 5) is 19.8. The molecule has 2 aromatic carbocycles. The number of hydrogen-bond donors (Lipinski definition) is 3. The van der Waals surface area contributed by atoms with Gasteiger partial charge < -0.3 is 25.6 Å². The number of aliphatic hydroxyl groups is 2. The lowest BCUT2D eigenvalue weighted by Crippen LogP contribution is -2.19. The van der Waals surface area contributed by atoms with E-state index in [1.165, 1.54) is 19.2 Å². The Hall–Kier alpha value is -3.17. The first-order valence-electron chi connectivity index (χ1n) is 11.4. The fourth-order valence-electron chi connectivity index (χ4n) is 3.86. The van der Waals surface area contributed by atoms with Crippen molar-refractivity contribution in [1.29, 1.82) is 0 Å². The fourth-order valence-corrected chi connectivity index (χ4v) is 3.86. The molecular formula is C27H30FN2O5-. The Morgan fingerprint density at radius 2 is 1.86 bits per heavy atom. The molecule has 4 rings (SSSR count). The predicted molar refractivity (Wildman–Crippen MR) is 133 cm³/mol. The maximum atomic E-state index is 13.6. The van der Waals surface area contributed by atoms with Gasteiger partial charge in [-0.25, -0.2) is 4.39 Å². The van der Waals surface area contributed by atoms with Crippen LogP contribution in [0.3, 0.4) is 0 Å². The molecule has 0 spiro atoms. The van der Waals surface area contributed by atoms with Crippen molar-refractivity contribution in [2.45, 2.75) is 43.8 Å². The van der Waals surface area contributed by atoms with Gasteiger partial charge in [0.05, 0.1) is 29.8 Å². The molecule has 3 N–H and O–H groups in total. The molecule has 1 aromatic heterocycles. The Kier molecular flexibility index (Phi) is 9.45. The van der Waals surface area contributed by atoms with Crippen LogP contribution in [0.25, 0.3) is 33.6 Å². The first-order chi connectivity index (χ1) is 16.8. The Balaban J connectivity index is 0.000000795. The smallest absolute Gasteiger partial charge is 0.305 e. The number of nitrogens with zero attached hydrogens (tertiary/aromatic N) is 2. The van der Waals surface area contributed by atoms with Crippen LogP contribution in [0.4, 0.5) is 4.39 Å². The highest BCUT2D eigenvalue weighted by Gasteiger charge is 2.29. The molecule has 2 atom stereocenters. The zero-order valence-corrected chi connectivity index (χ0v) is 19.8. The number of hydrogen-bond acceptors (Lipinski definition) is 5. The second-order valence-electron chi connectivity index (χ2n) is 8.36. The van der Waals surface area contributed by atoms with Crippen LogP contribution in [0, 0.1) is 5.82 Å². The number of hydroxylamine groups is 1. The van der Waals surface area contributed by atoms with Gasteiger partial charge in [0.2, 0.25) is 0 Å². The topological polar surface area (TPSA) is 114 Å². The van der Waals surface area contributed by atoms with E-state index in [2.05, 4.69) is 10.3 Å². The van der Waals surface area contributed by atoms with Gasteiger partial charge in [0.15, 0.2) is 0 Å². The second-order valence-corrected chi connectivity index (χ2v) is 8.36. The van der Waals surface area contributed by atoms with Crippen LogP contribution in [-0.2, 0) is 9.63 Å². The van der Waals surface area contributed by atoms with Gasteiger partial charge in [-0.3, -0.25) is 9.78 Å². The van der Waals surface area contributed by atoms with Crippen LogP contribution < -0.4 is 0 Å². The molecule has 1 fully saturated rings. The molecule has 0 saturated heterocycles. The summed E-state index contributed by atoms with van der Waals surface area (Å²) in [5.41, 5.74) is 7.66. The summed E-state index contributed by atoms with van der Waals surface area (Å²) >= 11 is 0. The van der Waals surface area contributed by atoms with E-state index in [1.54, 1.807) is 31.3 Å². The standard InChI is InChI=1S/C25H24FNO4.C2H6NO/c26-17-9-7-15(8-10-17)24-20-3-1-2-4-22(20)27-25(16-5-6-16)21(24)12-11-18(28)13-19(29)14-23(30)31;1-3-4-2/h1-4,7-12,16,18-19,28-29H,5-6,13-14H2,(H,30,31);1-2H3/q;-1/b12-11+;/t18-,19-;/m1./s1. The highest BCUT2D eigenvalue weighted by molar-refractivity contribution is 5.99. The van der Waals surface area contributed by atoms with Crippen LogP contribution >= 0.6 is 0 Å². The third-order valence-corrected chi connectivity index (χ3v) is 5.65. The highest BCUT2D eigenvalue weighted by Crippen LogP contribution is 2.45. The van der Waals surface area contributed by atoms with Crippen molar-refractivity contribution in [3.63, 3.8) is 0 Å². The molecule has 8 heteroatoms. The van der Waals surface area contributed by atoms with E-state index < -0.39 is 24.6 Å². The van der Waals surface area contributed by atoms with Crippen molar-refractivity contribution in [2.75, 3.05) is 14.2 Å². The van der Waals surface area contributed by atoms with Gasteiger partial charge >= 0.3 is 5.97 Å². The molecule has 1 heterocycles. The molecule has 1 aliphatic rings. The summed E-state index contributed by atoms with van der Waals surface area (Å²) < 4.78 is 13.6. The SMILES string of the molecule is C[N-]OC.O=C(O)C[C@H](O)C[C@H](O)/C=C/c1c(C2CC2)nc2ccccc2c1-c1ccc(F)cc1. The molecule has 35 heavy (non-hydrogen) atoms. The highest BCUT2D eigenvalue weighted by atomic mass is 19.1. The first kappa shape index (κ1) is 26.4. The third kappa shape index (κ3) is 7.40. The molecule has 7 nitrogen and oxygen atoms in total. The van der Waals surface area contributed by atoms with Crippen LogP contribution in [-0.4, -0.2) is 52.6 Å². The van der Waals surface area contributed by atoms with Crippen molar-refractivity contribution >= 4 is 22.9 Å². The van der Waals surface area contributed by atoms with E-state index in [0.717, 1.165) is 46.1 Å². The van der Waals surface area contributed by atoms with Crippen LogP contribution in [0.2, 0.25) is 0 Å². The van der Waals surface area contributed by atoms with E-state index in [1.807, 2.05) is 24.3 Å². The van der Waals surface area contributed by atoms with Crippen LogP contribution in [0.15, 0.2) is 54.6 Å². The normalized spacial score (nSPS) is 15.0. The summed E-state index contributed by atoms with van der Waals surface area (Å²) in [6.07, 6.45) is 2.80. The van der Waals surface area contributed by atoms with Crippen molar-refractivity contribution in [2.24, 2.45) is 0 Å². The minimum absolute atomic E-state index is 0.0749. The molecule has 0 radical (unpaired) electrons. The number of carbonyl (C=O) groups is 1. The number of fused-ring (bicyclic) bond motifs is 1. The van der Waals surface area contributed by atoms with E-state index in [0.29, 0.717) is 5.92 Å². The Bertz CT molecular complexity index is 1160. The van der Waals surface area contributed by atoms with E-state index in [9.17, 15) is 19.4 Å². The lowest BCUT2D eigenvalue weighted by atomic mass is 9.92. The van der Waals surface area contributed by atoms with Gasteiger partial charge in [-0.05, 0) is 36.6 Å². The molecule has 1 saturated carbocycles. The van der Waals surface area contributed by atoms with Gasteiger partial charge in [-0.15, -0.1) is 7.05 Å². The average Bonchev–Trinajstić information content (AvgIpc) is 3.67. The lowest BCUT2D eigenvalue weighted by Gasteiger charge is -2.16. The van der Waals surface area contributed by atoms with Crippen molar-refractivity contribution in [3.05, 3.63) is 77.2 Å². The number of aliphatic carboxylic acids is 1. The van der Waals surface area contributed by atoms with Crippen molar-refractivity contribution in [3.8, 4) is 11.1 Å². The maximum absolute atomic E-state index is 13.6. The summed E-state index contributed by atoms with van der Waals surface area (Å²) in [6, 6.07) is 14.1. The average molecular weight is 482 g/mol. The molecule has 3 aromatic rings. The molecule has 1 aliphatic carbocycles. The monoisotopic (exact) mass is 481 g/mol. The quantitative estimate of drug-likeness (QED) is 0.368. The van der Waals surface area contributed by atoms with Crippen LogP contribution in [0.5, 0.6) is 0 Å². The number of carboxylic acid groups (broad SMARTS) is 1. The summed E-state index contributed by atoms with van der Waals surface area (Å²) in [7, 11) is 3.10. The summed E-state index contributed by atoms with van der Waals surface area (Å²) in [5.74, 6) is -1.10. The zero-order chi connectivity index (χ0) is 25.4. The minimum Gasteiger partial charge on any atom is -0.537 e. The van der Waals surface area contributed by atoms with Gasteiger partial charge in [0.25, 0.3) is 0 Å². The van der Waals surface area contributed by atoms with Crippen molar-refractivity contribution in [1.82, 2.24) is 4.98 Å². The van der Waals surface area contributed by atoms with Gasteiger partial charge in [0.1, 0.15) is 5.82 Å². The number of carboxylic acids is 1. The van der Waals surface area contributed by atoms with E-state index >= 15 is 0 Å². The van der Waals surface area contributed by atoms with Gasteiger partial charge in [-0.2, -0.15) is 0 Å². The molecule has 0 bridgehead atoms. The number of pyridine rings is 1. The minimum atomic E-state index is -1.13. The van der Waals surface area contributed by atoms with Gasteiger partial charge in [0, 0.05) is 36.0 Å². The summed E-state index contributed by atoms with van der Waals surface area (Å²) in [5, 5.41) is 29.9. The molecule has 0 unspecified atom stereocenters. The van der Waals surface area contributed by atoms with E-state index in [4.69, 9.17) is 10.1 Å². The first-order valence-corrected chi connectivity index (χ1v) is 11.4. The maximum Gasteiger partial charge on any atom is 0.305 e. The predicted octanol–water partition coefficient (Wildman–Crippen LogP) is 5.07. The Labute approximate surface area is 203 Å².